The molecule has 2 N–H and O–H groups in total. The van der Waals surface area contributed by atoms with Crippen LogP contribution in [-0.2, 0) is 10.0 Å². The molecule has 1 aromatic rings. The standard InChI is InChI=1S/C12H11F6N3O4S/c13-11(14,15)10(12(16,17)18)4-5-20(6-10)7-2-1-3-8(26(19,24)25)9(7)21(22)23/h1-3H,4-6H2,(H2,19,24,25). The van der Waals surface area contributed by atoms with Crippen molar-refractivity contribution in [2.75, 3.05) is 18.0 Å². The summed E-state index contributed by atoms with van der Waals surface area (Å²) in [6.07, 6.45) is -12.7. The number of nitrogens with two attached hydrogens (primary N) is 1. The van der Waals surface area contributed by atoms with Gasteiger partial charge in [0, 0.05) is 13.1 Å². The monoisotopic (exact) mass is 407 g/mol. The van der Waals surface area contributed by atoms with Gasteiger partial charge in [-0.2, -0.15) is 26.3 Å². The fourth-order valence-electron chi connectivity index (χ4n) is 2.82. The quantitative estimate of drug-likeness (QED) is 0.471. The van der Waals surface area contributed by atoms with E-state index in [0.717, 1.165) is 18.2 Å². The van der Waals surface area contributed by atoms with Crippen LogP contribution in [0.1, 0.15) is 6.42 Å². The maximum absolute atomic E-state index is 13.1. The molecule has 1 aliphatic rings. The van der Waals surface area contributed by atoms with Gasteiger partial charge in [-0.3, -0.25) is 10.1 Å². The van der Waals surface area contributed by atoms with E-state index in [1.54, 1.807) is 0 Å². The number of alkyl halides is 6. The van der Waals surface area contributed by atoms with Crippen LogP contribution in [0.25, 0.3) is 0 Å². The molecule has 1 heterocycles. The highest BCUT2D eigenvalue weighted by Crippen LogP contribution is 2.56. The molecule has 26 heavy (non-hydrogen) atoms. The number of nitrogens with zero attached hydrogens (tertiary/aromatic N) is 2. The highest BCUT2D eigenvalue weighted by molar-refractivity contribution is 7.89. The first-order valence-electron chi connectivity index (χ1n) is 6.80. The van der Waals surface area contributed by atoms with Gasteiger partial charge in [-0.1, -0.05) is 6.07 Å². The number of benzene rings is 1. The maximum atomic E-state index is 13.1. The van der Waals surface area contributed by atoms with Crippen LogP contribution in [0.15, 0.2) is 23.1 Å². The van der Waals surface area contributed by atoms with Crippen LogP contribution in [0.4, 0.5) is 37.7 Å². The normalized spacial score (nSPS) is 18.2. The number of nitro groups is 1. The Labute approximate surface area is 142 Å². The highest BCUT2D eigenvalue weighted by atomic mass is 32.2. The largest absolute Gasteiger partial charge is 0.404 e. The molecule has 2 rings (SSSR count). The minimum absolute atomic E-state index is 0.494. The van der Waals surface area contributed by atoms with Gasteiger partial charge in [-0.25, -0.2) is 13.6 Å². The van der Waals surface area contributed by atoms with E-state index in [2.05, 4.69) is 0 Å². The van der Waals surface area contributed by atoms with E-state index in [9.17, 15) is 44.9 Å². The van der Waals surface area contributed by atoms with E-state index in [1.807, 2.05) is 0 Å². The minimum atomic E-state index is -5.65. The van der Waals surface area contributed by atoms with E-state index in [-0.39, 0.29) is 0 Å². The van der Waals surface area contributed by atoms with Gasteiger partial charge >= 0.3 is 18.0 Å². The molecule has 0 atom stereocenters. The lowest BCUT2D eigenvalue weighted by Gasteiger charge is -2.33. The Morgan fingerprint density at radius 2 is 1.69 bits per heavy atom. The maximum Gasteiger partial charge on any atom is 0.404 e. The Morgan fingerprint density at radius 1 is 1.15 bits per heavy atom. The first-order chi connectivity index (χ1) is 11.6. The third-order valence-corrected chi connectivity index (χ3v) is 5.10. The first kappa shape index (κ1) is 20.2. The summed E-state index contributed by atoms with van der Waals surface area (Å²) in [7, 11) is -4.63. The van der Waals surface area contributed by atoms with E-state index >= 15 is 0 Å². The first-order valence-corrected chi connectivity index (χ1v) is 8.35. The fourth-order valence-corrected chi connectivity index (χ4v) is 3.53. The SMILES string of the molecule is NS(=O)(=O)c1cccc(N2CCC(C(F)(F)F)(C(F)(F)F)C2)c1[N+](=O)[O-]. The summed E-state index contributed by atoms with van der Waals surface area (Å²) in [5.41, 5.74) is -5.93. The average molecular weight is 407 g/mol. The van der Waals surface area contributed by atoms with Crippen LogP contribution in [0.2, 0.25) is 0 Å². The Kier molecular flexibility index (Phi) is 4.65. The zero-order valence-corrected chi connectivity index (χ0v) is 13.5. The molecular formula is C12H11F6N3O4S. The van der Waals surface area contributed by atoms with Crippen LogP contribution in [-0.4, -0.2) is 38.8 Å². The number of anilines is 1. The second-order valence-corrected chi connectivity index (χ2v) is 7.21. The van der Waals surface area contributed by atoms with Crippen molar-refractivity contribution >= 4 is 21.4 Å². The Morgan fingerprint density at radius 3 is 2.08 bits per heavy atom. The lowest BCUT2D eigenvalue weighted by molar-refractivity contribution is -0.387. The molecule has 0 spiro atoms. The van der Waals surface area contributed by atoms with Gasteiger partial charge in [0.2, 0.25) is 10.0 Å². The highest BCUT2D eigenvalue weighted by Gasteiger charge is 2.72. The molecule has 0 unspecified atom stereocenters. The van der Waals surface area contributed by atoms with Crippen LogP contribution in [0.5, 0.6) is 0 Å². The van der Waals surface area contributed by atoms with E-state index in [1.165, 1.54) is 0 Å². The van der Waals surface area contributed by atoms with Gasteiger partial charge in [0.1, 0.15) is 5.69 Å². The zero-order valence-electron chi connectivity index (χ0n) is 12.6. The van der Waals surface area contributed by atoms with Gasteiger partial charge in [0.15, 0.2) is 10.3 Å². The number of sulfonamides is 1. The number of hydrogen-bond donors (Lipinski definition) is 1. The number of para-hydroxylation sites is 1. The summed E-state index contributed by atoms with van der Waals surface area (Å²) in [5, 5.41) is 16.1. The molecule has 1 saturated heterocycles. The van der Waals surface area contributed by atoms with Crippen LogP contribution < -0.4 is 10.0 Å². The van der Waals surface area contributed by atoms with Gasteiger partial charge < -0.3 is 4.90 Å². The lowest BCUT2D eigenvalue weighted by atomic mass is 9.85. The second kappa shape index (κ2) is 5.97. The number of primary sulfonamides is 1. The Bertz CT molecular complexity index is 822. The predicted molar refractivity (Wildman–Crippen MR) is 75.8 cm³/mol. The van der Waals surface area contributed by atoms with Crippen molar-refractivity contribution < 1.29 is 39.7 Å². The topological polar surface area (TPSA) is 107 Å². The van der Waals surface area contributed by atoms with E-state index in [0.29, 0.717) is 4.90 Å². The number of hydrogen-bond acceptors (Lipinski definition) is 5. The van der Waals surface area contributed by atoms with Crippen LogP contribution >= 0.6 is 0 Å². The van der Waals surface area contributed by atoms with Crippen molar-refractivity contribution in [3.8, 4) is 0 Å². The third-order valence-electron chi connectivity index (χ3n) is 4.16. The van der Waals surface area contributed by atoms with Crippen molar-refractivity contribution in [2.24, 2.45) is 10.6 Å². The zero-order chi connectivity index (χ0) is 20.1. The third kappa shape index (κ3) is 3.18. The summed E-state index contributed by atoms with van der Waals surface area (Å²) in [6.45, 7) is -2.44. The molecule has 0 radical (unpaired) electrons. The molecule has 1 aliphatic heterocycles. The van der Waals surface area contributed by atoms with Crippen LogP contribution in [0, 0.1) is 15.5 Å². The van der Waals surface area contributed by atoms with Crippen molar-refractivity contribution in [3.63, 3.8) is 0 Å². The molecule has 1 aromatic carbocycles. The van der Waals surface area contributed by atoms with Crippen LogP contribution in [0.3, 0.4) is 0 Å². The molecule has 14 heteroatoms. The summed E-state index contributed by atoms with van der Waals surface area (Å²) >= 11 is 0. The number of halogens is 6. The number of rotatable bonds is 3. The molecular weight excluding hydrogens is 396 g/mol. The summed E-state index contributed by atoms with van der Waals surface area (Å²) in [5.74, 6) is 0. The number of nitro benzene ring substituents is 1. The summed E-state index contributed by atoms with van der Waals surface area (Å²) < 4.78 is 102. The molecule has 7 nitrogen and oxygen atoms in total. The molecule has 0 saturated carbocycles. The molecule has 0 aliphatic carbocycles. The Hall–Kier alpha value is -2.09. The smallest absolute Gasteiger partial charge is 0.365 e. The molecule has 0 amide bonds. The van der Waals surface area contributed by atoms with Crippen molar-refractivity contribution in [1.29, 1.82) is 0 Å². The van der Waals surface area contributed by atoms with Crippen molar-refractivity contribution in [2.45, 2.75) is 23.7 Å². The van der Waals surface area contributed by atoms with E-state index in [4.69, 9.17) is 5.14 Å². The van der Waals surface area contributed by atoms with E-state index < -0.39 is 68.5 Å². The second-order valence-electron chi connectivity index (χ2n) is 5.68. The minimum Gasteiger partial charge on any atom is -0.365 e. The fraction of sp³-hybridized carbons (Fsp3) is 0.500. The van der Waals surface area contributed by atoms with Crippen molar-refractivity contribution in [1.82, 2.24) is 0 Å². The van der Waals surface area contributed by atoms with Gasteiger partial charge in [-0.15, -0.1) is 0 Å². The molecule has 0 bridgehead atoms. The van der Waals surface area contributed by atoms with Gasteiger partial charge in [0.05, 0.1) is 4.92 Å². The van der Waals surface area contributed by atoms with Gasteiger partial charge in [0.25, 0.3) is 0 Å². The molecule has 1 fully saturated rings. The summed E-state index contributed by atoms with van der Waals surface area (Å²) in [4.78, 5) is 9.49. The molecule has 0 aromatic heterocycles. The Balaban J connectivity index is 2.61. The average Bonchev–Trinajstić information content (AvgIpc) is 2.91. The van der Waals surface area contributed by atoms with Gasteiger partial charge in [-0.05, 0) is 18.6 Å². The van der Waals surface area contributed by atoms with Crippen molar-refractivity contribution in [3.05, 3.63) is 28.3 Å². The molecule has 146 valence electrons. The predicted octanol–water partition coefficient (Wildman–Crippen LogP) is 2.56. The lowest BCUT2D eigenvalue weighted by Crippen LogP contribution is -2.51. The summed E-state index contributed by atoms with van der Waals surface area (Å²) in [6, 6.07) is 2.56.